The van der Waals surface area contributed by atoms with Crippen LogP contribution in [0.1, 0.15) is 42.9 Å². The monoisotopic (exact) mass is 536 g/mol. The summed E-state index contributed by atoms with van der Waals surface area (Å²) in [6.45, 7) is 1.77. The number of nitrogens with zero attached hydrogens (tertiary/aromatic N) is 2. The lowest BCUT2D eigenvalue weighted by molar-refractivity contribution is -0.275. The number of halogens is 7. The Morgan fingerprint density at radius 3 is 2.21 bits per heavy atom. The van der Waals surface area contributed by atoms with Crippen LogP contribution in [0.15, 0.2) is 41.6 Å². The summed E-state index contributed by atoms with van der Waals surface area (Å²) in [4.78, 5) is 18.3. The zero-order valence-corrected chi connectivity index (χ0v) is 20.1. The molecule has 0 N–H and O–H groups in total. The Morgan fingerprint density at radius 2 is 1.68 bits per heavy atom. The molecule has 1 amide bonds. The van der Waals surface area contributed by atoms with Gasteiger partial charge < -0.3 is 9.74 Å². The highest BCUT2D eigenvalue weighted by atomic mass is 35.5. The van der Waals surface area contributed by atoms with E-state index in [-0.39, 0.29) is 45.3 Å². The molecule has 2 aliphatic rings. The molecule has 2 heterocycles. The van der Waals surface area contributed by atoms with Gasteiger partial charge >= 0.3 is 6.18 Å². The Balaban J connectivity index is 1.55. The van der Waals surface area contributed by atoms with Crippen molar-refractivity contribution >= 4 is 46.4 Å². The minimum absolute atomic E-state index is 0.0346. The van der Waals surface area contributed by atoms with E-state index in [4.69, 9.17) is 39.6 Å². The molecule has 4 nitrogen and oxygen atoms in total. The van der Waals surface area contributed by atoms with Crippen molar-refractivity contribution in [2.45, 2.75) is 43.6 Å². The van der Waals surface area contributed by atoms with Crippen molar-refractivity contribution in [3.05, 3.63) is 68.2 Å². The van der Waals surface area contributed by atoms with Gasteiger partial charge in [-0.05, 0) is 29.7 Å². The number of hydrogen-bond acceptors (Lipinski definition) is 3. The highest BCUT2D eigenvalue weighted by molar-refractivity contribution is 6.48. The highest BCUT2D eigenvalue weighted by Crippen LogP contribution is 2.50. The molecule has 4 rings (SSSR count). The predicted octanol–water partition coefficient (Wildman–Crippen LogP) is 7.04. The van der Waals surface area contributed by atoms with Crippen molar-refractivity contribution in [3.8, 4) is 0 Å². The number of hydrogen-bond donors (Lipinski definition) is 0. The van der Waals surface area contributed by atoms with Gasteiger partial charge in [-0.15, -0.1) is 0 Å². The maximum atomic E-state index is 15.2. The third kappa shape index (κ3) is 4.25. The Hall–Kier alpha value is -2.03. The van der Waals surface area contributed by atoms with Crippen LogP contribution in [0.2, 0.25) is 15.1 Å². The summed E-state index contributed by atoms with van der Waals surface area (Å²) in [6.07, 6.45) is -4.44. The topological polar surface area (TPSA) is 41.9 Å². The summed E-state index contributed by atoms with van der Waals surface area (Å²) in [7, 11) is 0. The molecule has 1 unspecified atom stereocenters. The molecular formula is C23H19Cl3F4N2O2. The molecule has 34 heavy (non-hydrogen) atoms. The molecule has 1 fully saturated rings. The first-order chi connectivity index (χ1) is 15.9. The Kier molecular flexibility index (Phi) is 6.55. The summed E-state index contributed by atoms with van der Waals surface area (Å²) in [5.74, 6) is -0.101. The molecule has 0 spiro atoms. The fraction of sp³-hybridized carbons (Fsp3) is 0.391. The molecule has 1 atom stereocenters. The van der Waals surface area contributed by atoms with Crippen LogP contribution < -0.4 is 0 Å². The van der Waals surface area contributed by atoms with E-state index in [1.54, 1.807) is 0 Å². The number of carbonyl (C=O) groups is 1. The maximum Gasteiger partial charge on any atom is 0.435 e. The highest BCUT2D eigenvalue weighted by Gasteiger charge is 2.62. The first-order valence-electron chi connectivity index (χ1n) is 10.4. The SMILES string of the molecule is CCCC(=O)N1CC(F)(c2ccc(C3=NOC(c4cc(Cl)c(Cl)c(Cl)c4)(C(F)(F)F)C3)cc2)C1. The number of carbonyl (C=O) groups excluding carboxylic acids is 1. The largest absolute Gasteiger partial charge is 0.435 e. The molecule has 1 saturated heterocycles. The Morgan fingerprint density at radius 1 is 1.09 bits per heavy atom. The van der Waals surface area contributed by atoms with Gasteiger partial charge in [0, 0.05) is 18.4 Å². The van der Waals surface area contributed by atoms with Gasteiger partial charge in [-0.3, -0.25) is 4.79 Å². The Labute approximate surface area is 208 Å². The molecule has 0 aromatic heterocycles. The van der Waals surface area contributed by atoms with Gasteiger partial charge in [0.2, 0.25) is 5.91 Å². The van der Waals surface area contributed by atoms with Gasteiger partial charge in [0.25, 0.3) is 5.60 Å². The molecule has 2 aromatic carbocycles. The number of likely N-dealkylation sites (tertiary alicyclic amines) is 1. The van der Waals surface area contributed by atoms with E-state index in [2.05, 4.69) is 5.16 Å². The van der Waals surface area contributed by atoms with Crippen LogP contribution in [-0.4, -0.2) is 35.8 Å². The number of oxime groups is 1. The fourth-order valence-electron chi connectivity index (χ4n) is 4.10. The lowest BCUT2D eigenvalue weighted by Crippen LogP contribution is -2.58. The van der Waals surface area contributed by atoms with Gasteiger partial charge in [0.05, 0.1) is 33.9 Å². The predicted molar refractivity (Wildman–Crippen MR) is 122 cm³/mol. The van der Waals surface area contributed by atoms with Crippen molar-refractivity contribution in [2.75, 3.05) is 13.1 Å². The second-order valence-corrected chi connectivity index (χ2v) is 9.62. The Bertz CT molecular complexity index is 1120. The van der Waals surface area contributed by atoms with Crippen LogP contribution in [0.4, 0.5) is 17.6 Å². The minimum atomic E-state index is -4.85. The maximum absolute atomic E-state index is 15.2. The van der Waals surface area contributed by atoms with Gasteiger partial charge in [-0.2, -0.15) is 13.2 Å². The first-order valence-corrected chi connectivity index (χ1v) is 11.6. The standard InChI is InChI=1S/C23H19Cl3F4N2O2/c1-2-3-19(33)32-11-21(27,12-32)14-6-4-13(5-7-14)18-10-22(34-31-18,23(28,29)30)15-8-16(24)20(26)17(25)9-15/h4-9H,2-3,10-12H2,1H3. The van der Waals surface area contributed by atoms with E-state index >= 15 is 4.39 Å². The molecule has 11 heteroatoms. The second kappa shape index (κ2) is 8.88. The van der Waals surface area contributed by atoms with E-state index in [0.29, 0.717) is 24.0 Å². The average Bonchev–Trinajstić information content (AvgIpc) is 3.22. The zero-order chi connectivity index (χ0) is 24.9. The molecule has 182 valence electrons. The molecule has 2 aliphatic heterocycles. The normalized spacial score (nSPS) is 21.6. The van der Waals surface area contributed by atoms with Crippen LogP contribution in [0.3, 0.4) is 0 Å². The number of rotatable bonds is 5. The van der Waals surface area contributed by atoms with Crippen molar-refractivity contribution in [3.63, 3.8) is 0 Å². The molecule has 0 saturated carbocycles. The summed E-state index contributed by atoms with van der Waals surface area (Å²) in [5, 5.41) is 3.34. The van der Waals surface area contributed by atoms with Crippen LogP contribution in [-0.2, 0) is 20.9 Å². The summed E-state index contributed by atoms with van der Waals surface area (Å²) in [5.41, 5.74) is -4.09. The van der Waals surface area contributed by atoms with Crippen LogP contribution >= 0.6 is 34.8 Å². The molecule has 0 aliphatic carbocycles. The van der Waals surface area contributed by atoms with Crippen molar-refractivity contribution < 1.29 is 27.2 Å². The molecular weight excluding hydrogens is 519 g/mol. The van der Waals surface area contributed by atoms with Crippen LogP contribution in [0, 0.1) is 0 Å². The number of alkyl halides is 4. The van der Waals surface area contributed by atoms with Crippen molar-refractivity contribution in [1.29, 1.82) is 0 Å². The fourth-order valence-corrected chi connectivity index (χ4v) is 4.69. The van der Waals surface area contributed by atoms with Gasteiger partial charge in [-0.25, -0.2) is 4.39 Å². The average molecular weight is 538 g/mol. The molecule has 0 radical (unpaired) electrons. The van der Waals surface area contributed by atoms with Crippen molar-refractivity contribution in [2.24, 2.45) is 5.16 Å². The molecule has 2 aromatic rings. The van der Waals surface area contributed by atoms with E-state index < -0.39 is 23.9 Å². The summed E-state index contributed by atoms with van der Waals surface area (Å²) < 4.78 is 57.7. The van der Waals surface area contributed by atoms with Crippen molar-refractivity contribution in [1.82, 2.24) is 4.90 Å². The quantitative estimate of drug-likeness (QED) is 0.303. The first kappa shape index (κ1) is 25.1. The van der Waals surface area contributed by atoms with E-state index in [1.165, 1.54) is 29.2 Å². The second-order valence-electron chi connectivity index (χ2n) is 8.43. The smallest absolute Gasteiger partial charge is 0.374 e. The minimum Gasteiger partial charge on any atom is -0.374 e. The zero-order valence-electron chi connectivity index (χ0n) is 17.9. The number of amides is 1. The van der Waals surface area contributed by atoms with Crippen LogP contribution in [0.25, 0.3) is 0 Å². The van der Waals surface area contributed by atoms with Gasteiger partial charge in [0.15, 0.2) is 5.67 Å². The van der Waals surface area contributed by atoms with Gasteiger partial charge in [0.1, 0.15) is 0 Å². The van der Waals surface area contributed by atoms with E-state index in [0.717, 1.165) is 12.1 Å². The molecule has 0 bridgehead atoms. The summed E-state index contributed by atoms with van der Waals surface area (Å²) in [6, 6.07) is 8.07. The van der Waals surface area contributed by atoms with E-state index in [9.17, 15) is 18.0 Å². The van der Waals surface area contributed by atoms with Gasteiger partial charge in [-0.1, -0.05) is 71.1 Å². The third-order valence-corrected chi connectivity index (χ3v) is 7.27. The third-order valence-electron chi connectivity index (χ3n) is 6.07. The number of benzene rings is 2. The lowest BCUT2D eigenvalue weighted by atomic mass is 9.84. The van der Waals surface area contributed by atoms with Crippen LogP contribution in [0.5, 0.6) is 0 Å². The summed E-state index contributed by atoms with van der Waals surface area (Å²) >= 11 is 17.8. The lowest BCUT2D eigenvalue weighted by Gasteiger charge is -2.44. The van der Waals surface area contributed by atoms with E-state index in [1.807, 2.05) is 6.92 Å².